The van der Waals surface area contributed by atoms with Crippen LogP contribution in [0.3, 0.4) is 0 Å². The largest absolute Gasteiger partial charge is 0.379 e. The molecule has 3 heterocycles. The summed E-state index contributed by atoms with van der Waals surface area (Å²) in [5.74, 6) is 2.05. The van der Waals surface area contributed by atoms with Gasteiger partial charge in [-0.1, -0.05) is 20.8 Å². The van der Waals surface area contributed by atoms with Gasteiger partial charge in [0.2, 0.25) is 5.95 Å². The molecule has 1 aromatic rings. The lowest BCUT2D eigenvalue weighted by Gasteiger charge is -2.47. The molecule has 0 unspecified atom stereocenters. The second-order valence-electron chi connectivity index (χ2n) is 7.59. The van der Waals surface area contributed by atoms with Crippen LogP contribution in [-0.4, -0.2) is 66.8 Å². The fraction of sp³-hybridized carbons (Fsp3) is 0.750. The maximum Gasteiger partial charge on any atom is 0.223 e. The van der Waals surface area contributed by atoms with Crippen molar-refractivity contribution in [2.45, 2.75) is 26.8 Å². The third-order valence-electron chi connectivity index (χ3n) is 4.28. The highest BCUT2D eigenvalue weighted by Gasteiger charge is 2.33. The zero-order valence-electron chi connectivity index (χ0n) is 14.4. The Morgan fingerprint density at radius 3 is 2.61 bits per heavy atom. The molecule has 0 spiro atoms. The molecule has 2 aliphatic heterocycles. The van der Waals surface area contributed by atoms with Crippen molar-refractivity contribution in [3.8, 4) is 0 Å². The van der Waals surface area contributed by atoms with Crippen molar-refractivity contribution in [2.24, 2.45) is 5.41 Å². The summed E-state index contributed by atoms with van der Waals surface area (Å²) in [6, 6.07) is 2.60. The summed E-state index contributed by atoms with van der Waals surface area (Å²) in [7, 11) is 0. The van der Waals surface area contributed by atoms with Crippen LogP contribution in [-0.2, 0) is 4.74 Å². The zero-order valence-corrected chi connectivity index (χ0v) is 14.4. The molecule has 0 saturated carbocycles. The maximum absolute atomic E-state index is 5.88. The Labute approximate surface area is 138 Å². The number of nitrogen functional groups attached to an aromatic ring is 1. The van der Waals surface area contributed by atoms with Gasteiger partial charge >= 0.3 is 0 Å². The Hall–Kier alpha value is -1.60. The summed E-state index contributed by atoms with van der Waals surface area (Å²) < 4.78 is 5.42. The van der Waals surface area contributed by atoms with E-state index in [0.717, 1.165) is 57.6 Å². The molecule has 128 valence electrons. The number of nitrogens with two attached hydrogens (primary N) is 1. The molecule has 0 aliphatic carbocycles. The van der Waals surface area contributed by atoms with E-state index in [-0.39, 0.29) is 5.41 Å². The summed E-state index contributed by atoms with van der Waals surface area (Å²) in [5, 5.41) is 3.36. The monoisotopic (exact) mass is 320 g/mol. The van der Waals surface area contributed by atoms with Gasteiger partial charge in [0, 0.05) is 44.8 Å². The van der Waals surface area contributed by atoms with Crippen LogP contribution in [0.1, 0.15) is 20.8 Å². The number of rotatable bonds is 4. The topological polar surface area (TPSA) is 79.5 Å². The standard InChI is InChI=1S/C16H28N6O/c1-16(2,3)11-18-13-8-14(20-15(17)19-13)22-9-12(10-22)21-4-6-23-7-5-21/h8,12H,4-7,9-11H2,1-3H3,(H3,17,18,19,20). The van der Waals surface area contributed by atoms with Gasteiger partial charge in [0.25, 0.3) is 0 Å². The minimum atomic E-state index is 0.193. The number of aromatic nitrogens is 2. The lowest BCUT2D eigenvalue weighted by Crippen LogP contribution is -2.61. The minimum Gasteiger partial charge on any atom is -0.379 e. The first-order valence-electron chi connectivity index (χ1n) is 8.36. The molecule has 7 heteroatoms. The van der Waals surface area contributed by atoms with Crippen molar-refractivity contribution in [2.75, 3.05) is 61.9 Å². The van der Waals surface area contributed by atoms with Gasteiger partial charge in [-0.2, -0.15) is 9.97 Å². The van der Waals surface area contributed by atoms with Crippen LogP contribution >= 0.6 is 0 Å². The predicted molar refractivity (Wildman–Crippen MR) is 92.8 cm³/mol. The van der Waals surface area contributed by atoms with Crippen molar-refractivity contribution < 1.29 is 4.74 Å². The number of morpholine rings is 1. The maximum atomic E-state index is 5.88. The molecular formula is C16H28N6O. The first kappa shape index (κ1) is 16.3. The fourth-order valence-corrected chi connectivity index (χ4v) is 2.88. The van der Waals surface area contributed by atoms with Gasteiger partial charge in [-0.25, -0.2) is 0 Å². The van der Waals surface area contributed by atoms with Gasteiger partial charge in [-0.3, -0.25) is 4.90 Å². The first-order chi connectivity index (χ1) is 10.9. The van der Waals surface area contributed by atoms with E-state index < -0.39 is 0 Å². The van der Waals surface area contributed by atoms with E-state index in [2.05, 4.69) is 45.9 Å². The molecule has 0 radical (unpaired) electrons. The van der Waals surface area contributed by atoms with E-state index in [4.69, 9.17) is 10.5 Å². The summed E-state index contributed by atoms with van der Waals surface area (Å²) in [6.45, 7) is 13.2. The average Bonchev–Trinajstić information content (AvgIpc) is 2.44. The van der Waals surface area contributed by atoms with E-state index in [1.807, 2.05) is 6.07 Å². The normalized spacial score (nSPS) is 20.4. The van der Waals surface area contributed by atoms with Gasteiger partial charge in [-0.15, -0.1) is 0 Å². The molecule has 0 amide bonds. The summed E-state index contributed by atoms with van der Waals surface area (Å²) in [6.07, 6.45) is 0. The third kappa shape index (κ3) is 4.23. The Bertz CT molecular complexity index is 532. The third-order valence-corrected chi connectivity index (χ3v) is 4.28. The van der Waals surface area contributed by atoms with Gasteiger partial charge in [0.1, 0.15) is 11.6 Å². The highest BCUT2D eigenvalue weighted by Crippen LogP contribution is 2.25. The molecule has 2 saturated heterocycles. The van der Waals surface area contributed by atoms with Crippen molar-refractivity contribution in [1.29, 1.82) is 0 Å². The van der Waals surface area contributed by atoms with Gasteiger partial charge in [0.15, 0.2) is 0 Å². The molecule has 0 aromatic carbocycles. The van der Waals surface area contributed by atoms with E-state index >= 15 is 0 Å². The fourth-order valence-electron chi connectivity index (χ4n) is 2.88. The van der Waals surface area contributed by atoms with Crippen LogP contribution in [0.5, 0.6) is 0 Å². The van der Waals surface area contributed by atoms with Crippen LogP contribution in [0.15, 0.2) is 6.07 Å². The highest BCUT2D eigenvalue weighted by atomic mass is 16.5. The molecular weight excluding hydrogens is 292 g/mol. The molecule has 7 nitrogen and oxygen atoms in total. The summed E-state index contributed by atoms with van der Waals surface area (Å²) in [4.78, 5) is 13.4. The Balaban J connectivity index is 1.59. The molecule has 3 N–H and O–H groups in total. The van der Waals surface area contributed by atoms with E-state index in [1.165, 1.54) is 0 Å². The van der Waals surface area contributed by atoms with Crippen LogP contribution in [0.2, 0.25) is 0 Å². The summed E-state index contributed by atoms with van der Waals surface area (Å²) in [5.41, 5.74) is 6.07. The minimum absolute atomic E-state index is 0.193. The molecule has 2 fully saturated rings. The summed E-state index contributed by atoms with van der Waals surface area (Å²) >= 11 is 0. The molecule has 1 aromatic heterocycles. The smallest absolute Gasteiger partial charge is 0.223 e. The number of ether oxygens (including phenoxy) is 1. The van der Waals surface area contributed by atoms with Crippen molar-refractivity contribution in [3.63, 3.8) is 0 Å². The highest BCUT2D eigenvalue weighted by molar-refractivity contribution is 5.54. The first-order valence-corrected chi connectivity index (χ1v) is 8.36. The van der Waals surface area contributed by atoms with E-state index in [9.17, 15) is 0 Å². The van der Waals surface area contributed by atoms with E-state index in [0.29, 0.717) is 12.0 Å². The second-order valence-corrected chi connectivity index (χ2v) is 7.59. The number of nitrogens with zero attached hydrogens (tertiary/aromatic N) is 4. The van der Waals surface area contributed by atoms with Gasteiger partial charge in [-0.05, 0) is 5.41 Å². The second kappa shape index (κ2) is 6.49. The number of hydrogen-bond donors (Lipinski definition) is 2. The molecule has 2 aliphatic rings. The molecule has 23 heavy (non-hydrogen) atoms. The lowest BCUT2D eigenvalue weighted by atomic mass is 9.97. The van der Waals surface area contributed by atoms with Crippen LogP contribution in [0.4, 0.5) is 17.6 Å². The van der Waals surface area contributed by atoms with Crippen molar-refractivity contribution in [1.82, 2.24) is 14.9 Å². The molecule has 3 rings (SSSR count). The van der Waals surface area contributed by atoms with Crippen LogP contribution in [0, 0.1) is 5.41 Å². The quantitative estimate of drug-likeness (QED) is 0.858. The Morgan fingerprint density at radius 2 is 1.96 bits per heavy atom. The van der Waals surface area contributed by atoms with Crippen molar-refractivity contribution >= 4 is 17.6 Å². The van der Waals surface area contributed by atoms with Gasteiger partial charge in [0.05, 0.1) is 13.2 Å². The van der Waals surface area contributed by atoms with Crippen LogP contribution in [0.25, 0.3) is 0 Å². The average molecular weight is 320 g/mol. The zero-order chi connectivity index (χ0) is 16.4. The van der Waals surface area contributed by atoms with Crippen LogP contribution < -0.4 is 16.0 Å². The Kier molecular flexibility index (Phi) is 4.59. The molecule has 0 bridgehead atoms. The number of nitrogens with one attached hydrogen (secondary N) is 1. The SMILES string of the molecule is CC(C)(C)CNc1cc(N2CC(N3CCOCC3)C2)nc(N)n1. The predicted octanol–water partition coefficient (Wildman–Crippen LogP) is 1.04. The number of hydrogen-bond acceptors (Lipinski definition) is 7. The molecule has 0 atom stereocenters. The lowest BCUT2D eigenvalue weighted by molar-refractivity contribution is 0.0104. The van der Waals surface area contributed by atoms with E-state index in [1.54, 1.807) is 0 Å². The Morgan fingerprint density at radius 1 is 1.26 bits per heavy atom. The van der Waals surface area contributed by atoms with Gasteiger partial charge < -0.3 is 20.7 Å². The van der Waals surface area contributed by atoms with Crippen molar-refractivity contribution in [3.05, 3.63) is 6.07 Å². The number of anilines is 3.